The number of nitrogens with one attached hydrogen (secondary N) is 1. The van der Waals surface area contributed by atoms with Gasteiger partial charge >= 0.3 is 0 Å². The average Bonchev–Trinajstić information content (AvgIpc) is 2.59. The summed E-state index contributed by atoms with van der Waals surface area (Å²) in [6.45, 7) is 0. The van der Waals surface area contributed by atoms with Gasteiger partial charge in [-0.25, -0.2) is 4.98 Å². The minimum atomic E-state index is 0.809. The number of rotatable bonds is 3. The number of thiazole rings is 1. The number of aromatic nitrogens is 1. The number of benzene rings is 1. The first kappa shape index (κ1) is 9.36. The molecule has 0 amide bonds. The van der Waals surface area contributed by atoms with Gasteiger partial charge in [0.1, 0.15) is 5.75 Å². The molecule has 0 fully saturated rings. The molecule has 72 valence electrons. The maximum atomic E-state index is 5.12. The quantitative estimate of drug-likeness (QED) is 0.813. The Labute approximate surface area is 90.7 Å². The van der Waals surface area contributed by atoms with Crippen LogP contribution in [-0.2, 0) is 0 Å². The Morgan fingerprint density at radius 1 is 1.57 bits per heavy atom. The maximum Gasteiger partial charge on any atom is 0.188 e. The summed E-state index contributed by atoms with van der Waals surface area (Å²) in [6, 6.07) is 5.78. The van der Waals surface area contributed by atoms with Gasteiger partial charge in [0.05, 0.1) is 22.8 Å². The minimum Gasteiger partial charge on any atom is -0.497 e. The smallest absolute Gasteiger partial charge is 0.188 e. The van der Waals surface area contributed by atoms with E-state index in [0.29, 0.717) is 0 Å². The van der Waals surface area contributed by atoms with Gasteiger partial charge in [0.2, 0.25) is 0 Å². The van der Waals surface area contributed by atoms with Crippen LogP contribution in [-0.4, -0.2) is 17.6 Å². The van der Waals surface area contributed by atoms with E-state index in [1.165, 1.54) is 5.49 Å². The van der Waals surface area contributed by atoms with E-state index in [9.17, 15) is 0 Å². The summed E-state index contributed by atoms with van der Waals surface area (Å²) in [4.78, 5) is 4.33. The minimum absolute atomic E-state index is 0.809. The Balaban J connectivity index is 2.48. The summed E-state index contributed by atoms with van der Waals surface area (Å²) >= 11 is 6.24. The van der Waals surface area contributed by atoms with Gasteiger partial charge in [-0.2, -0.15) is 0 Å². The molecule has 0 aliphatic rings. The molecule has 1 N–H and O–H groups in total. The lowest BCUT2D eigenvalue weighted by Gasteiger charge is -1.96. The molecule has 3 nitrogen and oxygen atoms in total. The first-order chi connectivity index (χ1) is 6.83. The number of thiocarbonyl (C=S) groups is 1. The number of hydrogen-bond donors (Lipinski definition) is 1. The Bertz CT molecular complexity index is 467. The zero-order chi connectivity index (χ0) is 9.97. The highest BCUT2D eigenvalue weighted by molar-refractivity contribution is 7.79. The molecule has 1 heterocycles. The molecular weight excluding hydrogens is 216 g/mol. The van der Waals surface area contributed by atoms with E-state index in [0.717, 1.165) is 21.1 Å². The van der Waals surface area contributed by atoms with Gasteiger partial charge in [-0.05, 0) is 18.2 Å². The fourth-order valence-corrected chi connectivity index (χ4v) is 2.19. The third-order valence-electron chi connectivity index (χ3n) is 1.78. The zero-order valence-electron chi connectivity index (χ0n) is 7.48. The van der Waals surface area contributed by atoms with Crippen molar-refractivity contribution in [2.45, 2.75) is 0 Å². The number of hydrogen-bond acceptors (Lipinski definition) is 4. The second-order valence-corrected chi connectivity index (χ2v) is 3.88. The van der Waals surface area contributed by atoms with Crippen LogP contribution in [0.15, 0.2) is 18.2 Å². The number of methoxy groups -OCH3 is 1. The van der Waals surface area contributed by atoms with Gasteiger partial charge in [0, 0.05) is 0 Å². The van der Waals surface area contributed by atoms with Crippen LogP contribution < -0.4 is 10.1 Å². The highest BCUT2D eigenvalue weighted by atomic mass is 32.1. The van der Waals surface area contributed by atoms with Crippen LogP contribution in [0.5, 0.6) is 5.75 Å². The molecule has 2 rings (SSSR count). The van der Waals surface area contributed by atoms with Crippen molar-refractivity contribution in [3.63, 3.8) is 0 Å². The highest BCUT2D eigenvalue weighted by Crippen LogP contribution is 2.28. The fraction of sp³-hybridized carbons (Fsp3) is 0.111. The van der Waals surface area contributed by atoms with Crippen molar-refractivity contribution in [3.8, 4) is 5.75 Å². The molecule has 0 atom stereocenters. The maximum absolute atomic E-state index is 5.12. The molecule has 0 aliphatic heterocycles. The molecule has 0 saturated carbocycles. The molecule has 0 spiro atoms. The van der Waals surface area contributed by atoms with E-state index in [2.05, 4.69) is 10.3 Å². The Hall–Kier alpha value is -1.20. The SMILES string of the molecule is COc1ccc2nc(NC=S)sc2c1. The van der Waals surface area contributed by atoms with E-state index < -0.39 is 0 Å². The molecule has 0 unspecified atom stereocenters. The predicted octanol–water partition coefficient (Wildman–Crippen LogP) is 2.67. The van der Waals surface area contributed by atoms with Gasteiger partial charge < -0.3 is 10.1 Å². The van der Waals surface area contributed by atoms with E-state index in [4.69, 9.17) is 17.0 Å². The summed E-state index contributed by atoms with van der Waals surface area (Å²) in [5.74, 6) is 0.843. The van der Waals surface area contributed by atoms with Crippen molar-refractivity contribution in [2.24, 2.45) is 0 Å². The van der Waals surface area contributed by atoms with Crippen molar-refractivity contribution in [3.05, 3.63) is 18.2 Å². The van der Waals surface area contributed by atoms with Gasteiger partial charge in [-0.15, -0.1) is 0 Å². The van der Waals surface area contributed by atoms with Gasteiger partial charge in [0.25, 0.3) is 0 Å². The molecule has 14 heavy (non-hydrogen) atoms. The number of ether oxygens (including phenoxy) is 1. The van der Waals surface area contributed by atoms with Crippen molar-refractivity contribution in [1.29, 1.82) is 0 Å². The van der Waals surface area contributed by atoms with Crippen molar-refractivity contribution >= 4 is 44.4 Å². The lowest BCUT2D eigenvalue weighted by Crippen LogP contribution is -1.89. The molecular formula is C9H8N2OS2. The van der Waals surface area contributed by atoms with Crippen LogP contribution >= 0.6 is 23.6 Å². The van der Waals surface area contributed by atoms with Crippen molar-refractivity contribution in [1.82, 2.24) is 4.98 Å². The third-order valence-corrected chi connectivity index (χ3v) is 2.85. The second-order valence-electron chi connectivity index (χ2n) is 2.61. The predicted molar refractivity (Wildman–Crippen MR) is 63.4 cm³/mol. The van der Waals surface area contributed by atoms with Crippen LogP contribution in [0.2, 0.25) is 0 Å². The number of nitrogens with zero attached hydrogens (tertiary/aromatic N) is 1. The zero-order valence-corrected chi connectivity index (χ0v) is 9.11. The van der Waals surface area contributed by atoms with Crippen LogP contribution in [0.3, 0.4) is 0 Å². The van der Waals surface area contributed by atoms with Crippen molar-refractivity contribution in [2.75, 3.05) is 12.4 Å². The van der Waals surface area contributed by atoms with E-state index in [-0.39, 0.29) is 0 Å². The summed E-state index contributed by atoms with van der Waals surface area (Å²) < 4.78 is 6.21. The lowest BCUT2D eigenvalue weighted by molar-refractivity contribution is 0.415. The second kappa shape index (κ2) is 3.89. The van der Waals surface area contributed by atoms with Gasteiger partial charge in [0.15, 0.2) is 5.13 Å². The number of fused-ring (bicyclic) bond motifs is 1. The van der Waals surface area contributed by atoms with Gasteiger partial charge in [-0.1, -0.05) is 23.6 Å². The molecule has 0 radical (unpaired) electrons. The molecule has 5 heteroatoms. The Kier molecular flexibility index (Phi) is 2.60. The molecule has 1 aromatic carbocycles. The van der Waals surface area contributed by atoms with Crippen LogP contribution in [0.4, 0.5) is 5.13 Å². The normalized spacial score (nSPS) is 10.1. The van der Waals surface area contributed by atoms with E-state index in [1.54, 1.807) is 18.4 Å². The lowest BCUT2D eigenvalue weighted by atomic mass is 10.3. The van der Waals surface area contributed by atoms with Crippen LogP contribution in [0.25, 0.3) is 10.2 Å². The molecule has 0 saturated heterocycles. The number of anilines is 1. The molecule has 2 aromatic rings. The van der Waals surface area contributed by atoms with E-state index in [1.807, 2.05) is 18.2 Å². The monoisotopic (exact) mass is 224 g/mol. The van der Waals surface area contributed by atoms with Crippen LogP contribution in [0.1, 0.15) is 0 Å². The largest absolute Gasteiger partial charge is 0.497 e. The summed E-state index contributed by atoms with van der Waals surface area (Å²) in [5.41, 5.74) is 2.41. The summed E-state index contributed by atoms with van der Waals surface area (Å²) in [6.07, 6.45) is 0. The molecule has 0 bridgehead atoms. The summed E-state index contributed by atoms with van der Waals surface area (Å²) in [5, 5.41) is 3.70. The fourth-order valence-electron chi connectivity index (χ4n) is 1.14. The molecule has 0 aliphatic carbocycles. The highest BCUT2D eigenvalue weighted by Gasteiger charge is 2.03. The van der Waals surface area contributed by atoms with Gasteiger partial charge in [-0.3, -0.25) is 0 Å². The summed E-state index contributed by atoms with van der Waals surface area (Å²) in [7, 11) is 1.65. The first-order valence-corrected chi connectivity index (χ1v) is 5.27. The molecule has 1 aromatic heterocycles. The third kappa shape index (κ3) is 1.69. The average molecular weight is 224 g/mol. The Morgan fingerprint density at radius 2 is 2.43 bits per heavy atom. The Morgan fingerprint density at radius 3 is 3.14 bits per heavy atom. The van der Waals surface area contributed by atoms with Crippen molar-refractivity contribution < 1.29 is 4.74 Å². The van der Waals surface area contributed by atoms with E-state index >= 15 is 0 Å². The topological polar surface area (TPSA) is 34.1 Å². The first-order valence-electron chi connectivity index (χ1n) is 3.98. The standard InChI is InChI=1S/C9H8N2OS2/c1-12-6-2-3-7-8(4-6)14-9(11-7)10-5-13/h2-5H,1H3,(H,10,11,13). The van der Waals surface area contributed by atoms with Crippen LogP contribution in [0, 0.1) is 0 Å².